The first-order valence-electron chi connectivity index (χ1n) is 6.23. The molecule has 19 heavy (non-hydrogen) atoms. The van der Waals surface area contributed by atoms with Gasteiger partial charge in [-0.2, -0.15) is 0 Å². The van der Waals surface area contributed by atoms with E-state index in [1.807, 2.05) is 0 Å². The molecule has 0 atom stereocenters. The van der Waals surface area contributed by atoms with Crippen LogP contribution >= 0.6 is 0 Å². The maximum absolute atomic E-state index is 12.3. The topological polar surface area (TPSA) is 77.4 Å². The smallest absolute Gasteiger partial charge is 0.264 e. The lowest BCUT2D eigenvalue weighted by Crippen LogP contribution is -2.61. The van der Waals surface area contributed by atoms with Crippen molar-refractivity contribution in [1.82, 2.24) is 9.58 Å². The van der Waals surface area contributed by atoms with Gasteiger partial charge in [0.15, 0.2) is 0 Å². The molecule has 2 rings (SSSR count). The third-order valence-electron chi connectivity index (χ3n) is 3.26. The molecule has 6 nitrogen and oxygen atoms in total. The fourth-order valence-electron chi connectivity index (χ4n) is 2.39. The summed E-state index contributed by atoms with van der Waals surface area (Å²) in [4.78, 5) is 24.8. The number of rotatable bonds is 3. The SMILES string of the molecule is CC(C)(C)N(C(=O)[O-])C1(C(=O)Nn2cccc2)CC1. The molecule has 0 aromatic carbocycles. The van der Waals surface area contributed by atoms with E-state index in [-0.39, 0.29) is 5.91 Å². The van der Waals surface area contributed by atoms with E-state index >= 15 is 0 Å². The second-order valence-electron chi connectivity index (χ2n) is 5.83. The Balaban J connectivity index is 2.21. The number of carbonyl (C=O) groups excluding carboxylic acids is 2. The molecular formula is C13H18N3O3-. The van der Waals surface area contributed by atoms with Crippen LogP contribution in [0.1, 0.15) is 33.6 Å². The monoisotopic (exact) mass is 264 g/mol. The summed E-state index contributed by atoms with van der Waals surface area (Å²) in [6.45, 7) is 5.27. The fraction of sp³-hybridized carbons (Fsp3) is 0.538. The third-order valence-corrected chi connectivity index (χ3v) is 3.26. The predicted molar refractivity (Wildman–Crippen MR) is 67.8 cm³/mol. The maximum atomic E-state index is 12.3. The molecule has 0 saturated heterocycles. The van der Waals surface area contributed by atoms with Gasteiger partial charge in [-0.05, 0) is 45.7 Å². The van der Waals surface area contributed by atoms with Crippen LogP contribution in [0, 0.1) is 0 Å². The van der Waals surface area contributed by atoms with Crippen LogP contribution < -0.4 is 10.5 Å². The Kier molecular flexibility index (Phi) is 3.04. The summed E-state index contributed by atoms with van der Waals surface area (Å²) in [5, 5.41) is 11.4. The van der Waals surface area contributed by atoms with Gasteiger partial charge in [-0.15, -0.1) is 0 Å². The van der Waals surface area contributed by atoms with Gasteiger partial charge in [-0.1, -0.05) is 0 Å². The molecule has 1 aromatic heterocycles. The van der Waals surface area contributed by atoms with E-state index in [1.54, 1.807) is 45.3 Å². The minimum atomic E-state index is -1.31. The van der Waals surface area contributed by atoms with Crippen molar-refractivity contribution in [3.05, 3.63) is 24.5 Å². The van der Waals surface area contributed by atoms with E-state index in [1.165, 1.54) is 4.68 Å². The van der Waals surface area contributed by atoms with Crippen LogP contribution in [0.3, 0.4) is 0 Å². The molecule has 6 heteroatoms. The summed E-state index contributed by atoms with van der Waals surface area (Å²) in [6, 6.07) is 3.56. The van der Waals surface area contributed by atoms with Gasteiger partial charge in [0.25, 0.3) is 5.91 Å². The molecule has 0 radical (unpaired) electrons. The van der Waals surface area contributed by atoms with Crippen molar-refractivity contribution in [2.75, 3.05) is 5.43 Å². The molecule has 0 unspecified atom stereocenters. The van der Waals surface area contributed by atoms with E-state index < -0.39 is 17.2 Å². The number of carbonyl (C=O) groups is 2. The van der Waals surface area contributed by atoms with Crippen molar-refractivity contribution in [1.29, 1.82) is 0 Å². The average molecular weight is 264 g/mol. The number of hydrogen-bond donors (Lipinski definition) is 1. The first-order valence-corrected chi connectivity index (χ1v) is 6.23. The van der Waals surface area contributed by atoms with E-state index in [9.17, 15) is 14.7 Å². The Morgan fingerprint density at radius 3 is 2.16 bits per heavy atom. The van der Waals surface area contributed by atoms with Crippen molar-refractivity contribution in [2.45, 2.75) is 44.7 Å². The van der Waals surface area contributed by atoms with Crippen LogP contribution in [0.5, 0.6) is 0 Å². The van der Waals surface area contributed by atoms with Gasteiger partial charge >= 0.3 is 0 Å². The summed E-state index contributed by atoms with van der Waals surface area (Å²) in [6.07, 6.45) is 3.10. The van der Waals surface area contributed by atoms with Crippen molar-refractivity contribution >= 4 is 12.0 Å². The number of hydrogen-bond acceptors (Lipinski definition) is 3. The first-order chi connectivity index (χ1) is 8.77. The van der Waals surface area contributed by atoms with E-state index in [0.29, 0.717) is 12.8 Å². The molecule has 0 bridgehead atoms. The minimum Gasteiger partial charge on any atom is -0.530 e. The quantitative estimate of drug-likeness (QED) is 0.865. The van der Waals surface area contributed by atoms with Crippen molar-refractivity contribution in [3.8, 4) is 0 Å². The standard InChI is InChI=1S/C13H19N3O3/c1-12(2,3)16(11(18)19)13(6-7-13)10(17)14-15-8-4-5-9-15/h4-5,8-9H,6-7H2,1-3H3,(H,14,17)(H,18,19)/p-1. The Morgan fingerprint density at radius 2 is 1.79 bits per heavy atom. The first kappa shape index (κ1) is 13.5. The van der Waals surface area contributed by atoms with Gasteiger partial charge in [0.2, 0.25) is 0 Å². The second kappa shape index (κ2) is 4.29. The van der Waals surface area contributed by atoms with Gasteiger partial charge in [-0.25, -0.2) is 0 Å². The Labute approximate surface area is 112 Å². The average Bonchev–Trinajstić information content (AvgIpc) is 2.86. The van der Waals surface area contributed by atoms with Gasteiger partial charge in [0.1, 0.15) is 11.6 Å². The highest BCUT2D eigenvalue weighted by Gasteiger charge is 2.57. The number of carboxylic acid groups (broad SMARTS) is 1. The third kappa shape index (κ3) is 2.43. The van der Waals surface area contributed by atoms with Crippen molar-refractivity contribution in [2.24, 2.45) is 0 Å². The van der Waals surface area contributed by atoms with Crippen molar-refractivity contribution in [3.63, 3.8) is 0 Å². The Morgan fingerprint density at radius 1 is 1.26 bits per heavy atom. The molecule has 1 saturated carbocycles. The summed E-state index contributed by atoms with van der Waals surface area (Å²) in [7, 11) is 0. The minimum absolute atomic E-state index is 0.317. The Bertz CT molecular complexity index is 484. The van der Waals surface area contributed by atoms with Crippen LogP contribution in [-0.4, -0.2) is 32.7 Å². The van der Waals surface area contributed by atoms with Gasteiger partial charge in [0.05, 0.1) is 0 Å². The highest BCUT2D eigenvalue weighted by molar-refractivity contribution is 5.97. The van der Waals surface area contributed by atoms with E-state index in [2.05, 4.69) is 5.43 Å². The lowest BCUT2D eigenvalue weighted by Gasteiger charge is -2.43. The molecule has 1 heterocycles. The molecule has 104 valence electrons. The van der Waals surface area contributed by atoms with E-state index in [4.69, 9.17) is 0 Å². The molecule has 0 spiro atoms. The lowest BCUT2D eigenvalue weighted by molar-refractivity contribution is -0.274. The van der Waals surface area contributed by atoms with Crippen LogP contribution in [0.2, 0.25) is 0 Å². The zero-order chi connectivity index (χ0) is 14.3. The van der Waals surface area contributed by atoms with Crippen LogP contribution in [0.15, 0.2) is 24.5 Å². The largest absolute Gasteiger partial charge is 0.530 e. The predicted octanol–water partition coefficient (Wildman–Crippen LogP) is 0.535. The number of amides is 2. The summed E-state index contributed by atoms with van der Waals surface area (Å²) >= 11 is 0. The Hall–Kier alpha value is -1.98. The summed E-state index contributed by atoms with van der Waals surface area (Å²) in [5.74, 6) is -0.317. The number of nitrogens with zero attached hydrogens (tertiary/aromatic N) is 2. The van der Waals surface area contributed by atoms with Gasteiger partial charge < -0.3 is 14.8 Å². The van der Waals surface area contributed by atoms with Crippen LogP contribution in [-0.2, 0) is 4.79 Å². The number of aromatic nitrogens is 1. The fourth-order valence-corrected chi connectivity index (χ4v) is 2.39. The van der Waals surface area contributed by atoms with Gasteiger partial charge in [-0.3, -0.25) is 14.9 Å². The van der Waals surface area contributed by atoms with Crippen LogP contribution in [0.4, 0.5) is 4.79 Å². The molecule has 1 N–H and O–H groups in total. The normalized spacial score (nSPS) is 16.8. The molecule has 0 aliphatic heterocycles. The second-order valence-corrected chi connectivity index (χ2v) is 5.83. The van der Waals surface area contributed by atoms with Crippen LogP contribution in [0.25, 0.3) is 0 Å². The molecule has 1 aromatic rings. The maximum Gasteiger partial charge on any atom is 0.264 e. The van der Waals surface area contributed by atoms with E-state index in [0.717, 1.165) is 4.90 Å². The zero-order valence-corrected chi connectivity index (χ0v) is 11.3. The molecular weight excluding hydrogens is 246 g/mol. The summed E-state index contributed by atoms with van der Waals surface area (Å²) in [5.41, 5.74) is 1.00. The van der Waals surface area contributed by atoms with Crippen molar-refractivity contribution < 1.29 is 14.7 Å². The lowest BCUT2D eigenvalue weighted by atomic mass is 10.0. The zero-order valence-electron chi connectivity index (χ0n) is 11.3. The summed E-state index contributed by atoms with van der Waals surface area (Å²) < 4.78 is 1.51. The molecule has 1 aliphatic carbocycles. The molecule has 2 amide bonds. The van der Waals surface area contributed by atoms with Gasteiger partial charge in [0, 0.05) is 17.9 Å². The highest BCUT2D eigenvalue weighted by Crippen LogP contribution is 2.45. The number of nitrogens with one attached hydrogen (secondary N) is 1. The highest BCUT2D eigenvalue weighted by atomic mass is 16.4. The molecule has 1 fully saturated rings. The molecule has 1 aliphatic rings.